The molecule has 0 radical (unpaired) electrons. The zero-order valence-corrected chi connectivity index (χ0v) is 12.0. The fourth-order valence-corrected chi connectivity index (χ4v) is 3.18. The maximum absolute atomic E-state index is 5.73. The fourth-order valence-electron chi connectivity index (χ4n) is 3.18. The van der Waals surface area contributed by atoms with Gasteiger partial charge in [-0.15, -0.1) is 0 Å². The van der Waals surface area contributed by atoms with Crippen molar-refractivity contribution in [3.05, 3.63) is 0 Å². The topological polar surface area (TPSA) is 47.3 Å². The van der Waals surface area contributed by atoms with E-state index < -0.39 is 0 Å². The predicted octanol–water partition coefficient (Wildman–Crippen LogP) is 2.85. The third-order valence-corrected chi connectivity index (χ3v) is 4.00. The molecule has 1 aliphatic carbocycles. The minimum atomic E-state index is 0.125. The van der Waals surface area contributed by atoms with Crippen LogP contribution in [0, 0.1) is 11.3 Å². The minimum absolute atomic E-state index is 0.125. The van der Waals surface area contributed by atoms with Gasteiger partial charge in [-0.05, 0) is 17.8 Å². The molecule has 0 amide bonds. The van der Waals surface area contributed by atoms with Gasteiger partial charge < -0.3 is 4.74 Å². The Kier molecular flexibility index (Phi) is 5.90. The van der Waals surface area contributed by atoms with Crippen LogP contribution in [0.5, 0.6) is 0 Å². The summed E-state index contributed by atoms with van der Waals surface area (Å²) in [5.74, 6) is 6.56. The van der Waals surface area contributed by atoms with E-state index in [9.17, 15) is 0 Å². The van der Waals surface area contributed by atoms with Gasteiger partial charge in [-0.1, -0.05) is 52.9 Å². The summed E-state index contributed by atoms with van der Waals surface area (Å²) >= 11 is 0. The number of hydrogen-bond donors (Lipinski definition) is 2. The van der Waals surface area contributed by atoms with Crippen molar-refractivity contribution >= 4 is 0 Å². The first-order valence-electron chi connectivity index (χ1n) is 6.98. The average molecular weight is 242 g/mol. The molecule has 17 heavy (non-hydrogen) atoms. The number of rotatable bonds is 5. The molecule has 2 unspecified atom stereocenters. The first kappa shape index (κ1) is 14.9. The quantitative estimate of drug-likeness (QED) is 0.575. The van der Waals surface area contributed by atoms with Gasteiger partial charge >= 0.3 is 0 Å². The molecule has 1 fully saturated rings. The van der Waals surface area contributed by atoms with Crippen molar-refractivity contribution in [1.82, 2.24) is 5.43 Å². The largest absolute Gasteiger partial charge is 0.379 e. The Morgan fingerprint density at radius 2 is 1.82 bits per heavy atom. The summed E-state index contributed by atoms with van der Waals surface area (Å²) in [5, 5.41) is 0. The van der Waals surface area contributed by atoms with Gasteiger partial charge in [-0.25, -0.2) is 0 Å². The summed E-state index contributed by atoms with van der Waals surface area (Å²) < 4.78 is 5.67. The molecule has 3 nitrogen and oxygen atoms in total. The van der Waals surface area contributed by atoms with Crippen molar-refractivity contribution in [1.29, 1.82) is 0 Å². The zero-order valence-electron chi connectivity index (χ0n) is 12.0. The molecule has 2 atom stereocenters. The highest BCUT2D eigenvalue weighted by molar-refractivity contribution is 4.87. The van der Waals surface area contributed by atoms with E-state index in [0.717, 1.165) is 12.3 Å². The van der Waals surface area contributed by atoms with Gasteiger partial charge in [0.15, 0.2) is 0 Å². The molecule has 1 rings (SSSR count). The van der Waals surface area contributed by atoms with E-state index in [1.807, 2.05) is 0 Å². The van der Waals surface area contributed by atoms with E-state index in [0.29, 0.717) is 0 Å². The SMILES string of the molecule is COC(C(CC1CCCCC1)NN)C(C)(C)C. The summed E-state index contributed by atoms with van der Waals surface area (Å²) in [5.41, 5.74) is 3.11. The molecule has 102 valence electrons. The Balaban J connectivity index is 2.56. The summed E-state index contributed by atoms with van der Waals surface area (Å²) in [6.45, 7) is 6.64. The maximum atomic E-state index is 5.73. The molecule has 0 heterocycles. The molecule has 1 saturated carbocycles. The number of ether oxygens (including phenoxy) is 1. The number of nitrogens with one attached hydrogen (secondary N) is 1. The second kappa shape index (κ2) is 6.72. The Labute approximate surface area is 106 Å². The first-order chi connectivity index (χ1) is 7.99. The van der Waals surface area contributed by atoms with Crippen LogP contribution in [0.25, 0.3) is 0 Å². The normalized spacial score (nSPS) is 22.4. The Morgan fingerprint density at radius 3 is 2.24 bits per heavy atom. The maximum Gasteiger partial charge on any atom is 0.0785 e. The van der Waals surface area contributed by atoms with Crippen molar-refractivity contribution in [3.8, 4) is 0 Å². The number of hydrazine groups is 1. The highest BCUT2D eigenvalue weighted by Crippen LogP contribution is 2.32. The van der Waals surface area contributed by atoms with E-state index in [4.69, 9.17) is 10.6 Å². The Hall–Kier alpha value is -0.120. The minimum Gasteiger partial charge on any atom is -0.379 e. The highest BCUT2D eigenvalue weighted by Gasteiger charge is 2.33. The fraction of sp³-hybridized carbons (Fsp3) is 1.00. The standard InChI is InChI=1S/C14H30N2O/c1-14(2,3)13(17-4)12(16-15)10-11-8-6-5-7-9-11/h11-13,16H,5-10,15H2,1-4H3. The van der Waals surface area contributed by atoms with Crippen molar-refractivity contribution in [2.75, 3.05) is 7.11 Å². The molecular weight excluding hydrogens is 212 g/mol. The molecule has 0 saturated heterocycles. The zero-order chi connectivity index (χ0) is 12.9. The lowest BCUT2D eigenvalue weighted by atomic mass is 9.78. The van der Waals surface area contributed by atoms with Crippen molar-refractivity contribution in [2.24, 2.45) is 17.2 Å². The molecule has 3 N–H and O–H groups in total. The van der Waals surface area contributed by atoms with Gasteiger partial charge in [0.25, 0.3) is 0 Å². The summed E-state index contributed by atoms with van der Waals surface area (Å²) in [7, 11) is 1.79. The van der Waals surface area contributed by atoms with Crippen LogP contribution in [0.15, 0.2) is 0 Å². The molecule has 0 aromatic carbocycles. The smallest absolute Gasteiger partial charge is 0.0785 e. The second-order valence-corrected chi connectivity index (χ2v) is 6.54. The van der Waals surface area contributed by atoms with Crippen LogP contribution >= 0.6 is 0 Å². The van der Waals surface area contributed by atoms with Crippen LogP contribution in [0.2, 0.25) is 0 Å². The molecule has 1 aliphatic rings. The first-order valence-corrected chi connectivity index (χ1v) is 6.98. The summed E-state index contributed by atoms with van der Waals surface area (Å²) in [6, 6.07) is 0.267. The number of nitrogens with two attached hydrogens (primary N) is 1. The molecular formula is C14H30N2O. The third-order valence-electron chi connectivity index (χ3n) is 4.00. The third kappa shape index (κ3) is 4.57. The monoisotopic (exact) mass is 242 g/mol. The number of methoxy groups -OCH3 is 1. The molecule has 0 aromatic rings. The summed E-state index contributed by atoms with van der Waals surface area (Å²) in [6.07, 6.45) is 8.22. The molecule has 0 aromatic heterocycles. The Bertz CT molecular complexity index is 207. The molecule has 0 bridgehead atoms. The molecule has 0 spiro atoms. The van der Waals surface area contributed by atoms with Crippen molar-refractivity contribution in [2.45, 2.75) is 71.4 Å². The van der Waals surface area contributed by atoms with Crippen LogP contribution in [-0.4, -0.2) is 19.3 Å². The Morgan fingerprint density at radius 1 is 1.24 bits per heavy atom. The highest BCUT2D eigenvalue weighted by atomic mass is 16.5. The van der Waals surface area contributed by atoms with Crippen LogP contribution < -0.4 is 11.3 Å². The van der Waals surface area contributed by atoms with Gasteiger partial charge in [0.2, 0.25) is 0 Å². The van der Waals surface area contributed by atoms with Crippen molar-refractivity contribution < 1.29 is 4.74 Å². The van der Waals surface area contributed by atoms with Gasteiger partial charge in [0.1, 0.15) is 0 Å². The lowest BCUT2D eigenvalue weighted by Crippen LogP contribution is -2.51. The van der Waals surface area contributed by atoms with Crippen LogP contribution in [0.1, 0.15) is 59.3 Å². The van der Waals surface area contributed by atoms with Crippen LogP contribution in [0.4, 0.5) is 0 Å². The predicted molar refractivity (Wildman–Crippen MR) is 72.6 cm³/mol. The van der Waals surface area contributed by atoms with Gasteiger partial charge in [-0.3, -0.25) is 11.3 Å². The molecule has 3 heteroatoms. The lowest BCUT2D eigenvalue weighted by Gasteiger charge is -2.37. The van der Waals surface area contributed by atoms with Gasteiger partial charge in [0, 0.05) is 13.2 Å². The molecule has 0 aliphatic heterocycles. The van der Waals surface area contributed by atoms with Crippen molar-refractivity contribution in [3.63, 3.8) is 0 Å². The van der Waals surface area contributed by atoms with Gasteiger partial charge in [0.05, 0.1) is 6.10 Å². The second-order valence-electron chi connectivity index (χ2n) is 6.54. The van der Waals surface area contributed by atoms with Crippen LogP contribution in [0.3, 0.4) is 0 Å². The van der Waals surface area contributed by atoms with E-state index >= 15 is 0 Å². The number of hydrogen-bond acceptors (Lipinski definition) is 3. The average Bonchev–Trinajstić information content (AvgIpc) is 2.28. The van der Waals surface area contributed by atoms with E-state index in [1.54, 1.807) is 7.11 Å². The van der Waals surface area contributed by atoms with E-state index in [2.05, 4.69) is 26.2 Å². The van der Waals surface area contributed by atoms with E-state index in [-0.39, 0.29) is 17.6 Å². The van der Waals surface area contributed by atoms with Gasteiger partial charge in [-0.2, -0.15) is 0 Å². The summed E-state index contributed by atoms with van der Waals surface area (Å²) in [4.78, 5) is 0. The van der Waals surface area contributed by atoms with E-state index in [1.165, 1.54) is 32.1 Å². The lowest BCUT2D eigenvalue weighted by molar-refractivity contribution is -0.0182. The van der Waals surface area contributed by atoms with Crippen LogP contribution in [-0.2, 0) is 4.74 Å².